The van der Waals surface area contributed by atoms with Crippen LogP contribution in [0.2, 0.25) is 0 Å². The van der Waals surface area contributed by atoms with Gasteiger partial charge in [0, 0.05) is 11.8 Å². The number of ether oxygens (including phenoxy) is 1. The summed E-state index contributed by atoms with van der Waals surface area (Å²) >= 11 is 0. The number of rotatable bonds is 1. The van der Waals surface area contributed by atoms with E-state index in [1.54, 1.807) is 19.4 Å². The van der Waals surface area contributed by atoms with Crippen molar-refractivity contribution < 1.29 is 4.74 Å². The van der Waals surface area contributed by atoms with E-state index in [1.807, 2.05) is 6.92 Å². The molecule has 1 rings (SSSR count). The Morgan fingerprint density at radius 3 is 2.89 bits per heavy atom. The lowest BCUT2D eigenvalue weighted by atomic mass is 10.4. The van der Waals surface area contributed by atoms with Gasteiger partial charge in [-0.1, -0.05) is 0 Å². The average molecular weight is 122 g/mol. The molecule has 0 N–H and O–H groups in total. The Hall–Kier alpha value is -1.05. The first-order valence-corrected chi connectivity index (χ1v) is 2.71. The summed E-state index contributed by atoms with van der Waals surface area (Å²) in [5.41, 5.74) is 0.885. The molecule has 0 saturated heterocycles. The maximum Gasteiger partial charge on any atom is 0.137 e. The quantitative estimate of drug-likeness (QED) is 0.558. The summed E-state index contributed by atoms with van der Waals surface area (Å²) in [6.45, 7) is 1.89. The van der Waals surface area contributed by atoms with E-state index in [2.05, 4.69) is 11.1 Å². The first-order chi connectivity index (χ1) is 4.33. The number of nitrogens with zero attached hydrogens (tertiary/aromatic N) is 1. The van der Waals surface area contributed by atoms with E-state index in [1.165, 1.54) is 0 Å². The molecule has 0 atom stereocenters. The Bertz CT molecular complexity index is 181. The zero-order chi connectivity index (χ0) is 6.69. The van der Waals surface area contributed by atoms with Crippen molar-refractivity contribution in [1.29, 1.82) is 0 Å². The van der Waals surface area contributed by atoms with Gasteiger partial charge in [0.2, 0.25) is 0 Å². The van der Waals surface area contributed by atoms with Crippen LogP contribution in [-0.4, -0.2) is 12.1 Å². The number of pyridine rings is 1. The Morgan fingerprint density at radius 1 is 1.67 bits per heavy atom. The Kier molecular flexibility index (Phi) is 1.68. The van der Waals surface area contributed by atoms with Gasteiger partial charge >= 0.3 is 0 Å². The van der Waals surface area contributed by atoms with Crippen molar-refractivity contribution >= 4 is 0 Å². The van der Waals surface area contributed by atoms with Crippen molar-refractivity contribution in [2.75, 3.05) is 7.11 Å². The normalized spacial score (nSPS) is 9.11. The lowest BCUT2D eigenvalue weighted by Gasteiger charge is -1.95. The van der Waals surface area contributed by atoms with Gasteiger partial charge in [-0.15, -0.1) is 0 Å². The largest absolute Gasteiger partial charge is 0.495 e. The van der Waals surface area contributed by atoms with E-state index in [0.717, 1.165) is 11.4 Å². The lowest BCUT2D eigenvalue weighted by molar-refractivity contribution is 0.412. The standard InChI is InChI=1S/C7H8NO/c1-6-3-4-7(9-2)5-8-6/h4-5H,1-2H3. The second-order valence-corrected chi connectivity index (χ2v) is 1.74. The molecule has 0 amide bonds. The van der Waals surface area contributed by atoms with Crippen molar-refractivity contribution in [3.8, 4) is 5.75 Å². The summed E-state index contributed by atoms with van der Waals surface area (Å²) in [5, 5.41) is 0. The lowest BCUT2D eigenvalue weighted by Crippen LogP contribution is -1.84. The van der Waals surface area contributed by atoms with E-state index < -0.39 is 0 Å². The molecule has 0 fully saturated rings. The topological polar surface area (TPSA) is 22.1 Å². The SMILES string of the molecule is COc1c[c]c(C)nc1. The predicted octanol–water partition coefficient (Wildman–Crippen LogP) is 1.20. The molecule has 2 nitrogen and oxygen atoms in total. The Balaban J connectivity index is 2.88. The van der Waals surface area contributed by atoms with Gasteiger partial charge in [0.25, 0.3) is 0 Å². The highest BCUT2D eigenvalue weighted by molar-refractivity contribution is 5.17. The smallest absolute Gasteiger partial charge is 0.137 e. The molecule has 0 aliphatic rings. The third kappa shape index (κ3) is 1.42. The van der Waals surface area contributed by atoms with Crippen LogP contribution in [0.25, 0.3) is 0 Å². The summed E-state index contributed by atoms with van der Waals surface area (Å²) in [5.74, 6) is 0.751. The van der Waals surface area contributed by atoms with Crippen molar-refractivity contribution in [2.45, 2.75) is 6.92 Å². The molecule has 0 saturated carbocycles. The van der Waals surface area contributed by atoms with Crippen LogP contribution in [0.1, 0.15) is 5.69 Å². The Labute approximate surface area is 54.5 Å². The van der Waals surface area contributed by atoms with Crippen LogP contribution in [0.5, 0.6) is 5.75 Å². The second kappa shape index (κ2) is 2.49. The molecular formula is C7H8NO. The van der Waals surface area contributed by atoms with E-state index in [4.69, 9.17) is 4.74 Å². The van der Waals surface area contributed by atoms with E-state index in [9.17, 15) is 0 Å². The molecule has 9 heavy (non-hydrogen) atoms. The zero-order valence-corrected chi connectivity index (χ0v) is 5.51. The van der Waals surface area contributed by atoms with E-state index >= 15 is 0 Å². The third-order valence-corrected chi connectivity index (χ3v) is 1.04. The maximum absolute atomic E-state index is 4.88. The molecule has 0 aromatic carbocycles. The number of methoxy groups -OCH3 is 1. The van der Waals surface area contributed by atoms with Gasteiger partial charge in [0.1, 0.15) is 5.75 Å². The van der Waals surface area contributed by atoms with Crippen molar-refractivity contribution in [2.24, 2.45) is 0 Å². The molecule has 0 unspecified atom stereocenters. The number of hydrogen-bond donors (Lipinski definition) is 0. The van der Waals surface area contributed by atoms with Gasteiger partial charge in [0.15, 0.2) is 0 Å². The van der Waals surface area contributed by atoms with Crippen LogP contribution in [0, 0.1) is 13.0 Å². The second-order valence-electron chi connectivity index (χ2n) is 1.74. The minimum Gasteiger partial charge on any atom is -0.495 e. The predicted molar refractivity (Wildman–Crippen MR) is 34.4 cm³/mol. The van der Waals surface area contributed by atoms with Gasteiger partial charge in [0.05, 0.1) is 13.3 Å². The fourth-order valence-electron chi connectivity index (χ4n) is 0.522. The highest BCUT2D eigenvalue weighted by Crippen LogP contribution is 2.05. The molecular weight excluding hydrogens is 114 g/mol. The van der Waals surface area contributed by atoms with E-state index in [0.29, 0.717) is 0 Å². The molecule has 0 spiro atoms. The fourth-order valence-corrected chi connectivity index (χ4v) is 0.522. The highest BCUT2D eigenvalue weighted by Gasteiger charge is 1.87. The summed E-state index contributed by atoms with van der Waals surface area (Å²) in [7, 11) is 1.61. The van der Waals surface area contributed by atoms with Crippen molar-refractivity contribution in [3.05, 3.63) is 24.0 Å². The first-order valence-electron chi connectivity index (χ1n) is 2.71. The van der Waals surface area contributed by atoms with Gasteiger partial charge in [-0.05, 0) is 13.0 Å². The van der Waals surface area contributed by atoms with Gasteiger partial charge in [-0.2, -0.15) is 0 Å². The van der Waals surface area contributed by atoms with E-state index in [-0.39, 0.29) is 0 Å². The van der Waals surface area contributed by atoms with Gasteiger partial charge in [-0.3, -0.25) is 4.98 Å². The summed E-state index contributed by atoms with van der Waals surface area (Å²) in [4.78, 5) is 3.97. The molecule has 2 heteroatoms. The number of hydrogen-bond acceptors (Lipinski definition) is 2. The molecule has 1 aromatic heterocycles. The molecule has 1 radical (unpaired) electrons. The van der Waals surface area contributed by atoms with Crippen molar-refractivity contribution in [3.63, 3.8) is 0 Å². The third-order valence-electron chi connectivity index (χ3n) is 1.04. The van der Waals surface area contributed by atoms with Crippen LogP contribution in [0.15, 0.2) is 12.3 Å². The minimum atomic E-state index is 0.751. The van der Waals surface area contributed by atoms with Gasteiger partial charge < -0.3 is 4.74 Å². The molecule has 0 bridgehead atoms. The summed E-state index contributed by atoms with van der Waals surface area (Å²) in [6.07, 6.45) is 1.67. The number of aryl methyl sites for hydroxylation is 1. The summed E-state index contributed by atoms with van der Waals surface area (Å²) in [6, 6.07) is 4.68. The molecule has 0 aliphatic heterocycles. The monoisotopic (exact) mass is 122 g/mol. The fraction of sp³-hybridized carbons (Fsp3) is 0.286. The maximum atomic E-state index is 4.88. The van der Waals surface area contributed by atoms with Crippen LogP contribution in [0.4, 0.5) is 0 Å². The average Bonchev–Trinajstić information content (AvgIpc) is 1.90. The zero-order valence-electron chi connectivity index (χ0n) is 5.51. The van der Waals surface area contributed by atoms with Gasteiger partial charge in [-0.25, -0.2) is 0 Å². The number of aromatic nitrogens is 1. The molecule has 47 valence electrons. The Morgan fingerprint density at radius 2 is 2.44 bits per heavy atom. The highest BCUT2D eigenvalue weighted by atomic mass is 16.5. The molecule has 0 aliphatic carbocycles. The molecule has 1 aromatic rings. The van der Waals surface area contributed by atoms with Crippen LogP contribution in [0.3, 0.4) is 0 Å². The minimum absolute atomic E-state index is 0.751. The summed E-state index contributed by atoms with van der Waals surface area (Å²) < 4.78 is 4.88. The van der Waals surface area contributed by atoms with Crippen molar-refractivity contribution in [1.82, 2.24) is 4.98 Å². The molecule has 1 heterocycles. The van der Waals surface area contributed by atoms with Crippen LogP contribution < -0.4 is 4.74 Å². The first kappa shape index (κ1) is 6.08. The van der Waals surface area contributed by atoms with Crippen LogP contribution >= 0.6 is 0 Å². The van der Waals surface area contributed by atoms with Crippen LogP contribution in [-0.2, 0) is 0 Å².